The van der Waals surface area contributed by atoms with Crippen molar-refractivity contribution in [3.8, 4) is 17.6 Å². The number of benzene rings is 2. The van der Waals surface area contributed by atoms with Crippen LogP contribution in [0.5, 0.6) is 5.75 Å². The van der Waals surface area contributed by atoms with Gasteiger partial charge in [0.15, 0.2) is 12.6 Å². The maximum atomic E-state index is 10.8. The highest BCUT2D eigenvalue weighted by Gasteiger charge is 2.41. The van der Waals surface area contributed by atoms with E-state index in [1.165, 1.54) is 0 Å². The molecule has 0 bridgehead atoms. The van der Waals surface area contributed by atoms with Crippen molar-refractivity contribution >= 4 is 0 Å². The Hall–Kier alpha value is -2.40. The summed E-state index contributed by atoms with van der Waals surface area (Å²) in [6.45, 7) is 12.3. The third-order valence-corrected chi connectivity index (χ3v) is 5.63. The number of aliphatic hydroxyl groups excluding tert-OH is 2. The van der Waals surface area contributed by atoms with Gasteiger partial charge in [-0.3, -0.25) is 4.84 Å². The van der Waals surface area contributed by atoms with E-state index in [1.807, 2.05) is 50.2 Å². The Bertz CT molecular complexity index is 1030. The van der Waals surface area contributed by atoms with E-state index in [4.69, 9.17) is 15.4 Å². The molecule has 3 rings (SSSR count). The highest BCUT2D eigenvalue weighted by atomic mass is 16.7. The number of hydrogen-bond acceptors (Lipinski definition) is 6. The van der Waals surface area contributed by atoms with Gasteiger partial charge in [0.2, 0.25) is 0 Å². The zero-order valence-electron chi connectivity index (χ0n) is 20.3. The molecule has 0 amide bonds. The van der Waals surface area contributed by atoms with Crippen LogP contribution >= 0.6 is 0 Å². The lowest BCUT2D eigenvalue weighted by atomic mass is 9.72. The lowest BCUT2D eigenvalue weighted by molar-refractivity contribution is -0.131. The third-order valence-electron chi connectivity index (χ3n) is 5.63. The molecule has 6 heteroatoms. The first kappa shape index (κ1) is 25.2. The second-order valence-electron chi connectivity index (χ2n) is 10.1. The predicted octanol–water partition coefficient (Wildman–Crippen LogP) is 4.09. The van der Waals surface area contributed by atoms with Crippen molar-refractivity contribution in [3.05, 3.63) is 64.2 Å². The Balaban J connectivity index is 1.99. The number of ether oxygens (including phenoxy) is 2. The number of rotatable bonds is 6. The van der Waals surface area contributed by atoms with E-state index in [-0.39, 0.29) is 17.1 Å². The highest BCUT2D eigenvalue weighted by molar-refractivity contribution is 5.55. The summed E-state index contributed by atoms with van der Waals surface area (Å²) in [6, 6.07) is 11.4. The SMILES string of the molecule is CC(C)OC(O)c1cc(C#Cc2ccc(CC(O)ON)cc2)cc2c1OC(C)(C)CC2(C)C. The van der Waals surface area contributed by atoms with Gasteiger partial charge in [0.25, 0.3) is 0 Å². The first-order chi connectivity index (χ1) is 15.4. The van der Waals surface area contributed by atoms with Gasteiger partial charge in [-0.25, -0.2) is 5.90 Å². The van der Waals surface area contributed by atoms with Crippen molar-refractivity contribution in [1.82, 2.24) is 0 Å². The molecule has 2 aromatic rings. The van der Waals surface area contributed by atoms with Crippen LogP contribution in [-0.4, -0.2) is 28.2 Å². The number of hydrogen-bond donors (Lipinski definition) is 3. The summed E-state index contributed by atoms with van der Waals surface area (Å²) in [4.78, 5) is 4.41. The molecule has 0 spiro atoms. The molecule has 33 heavy (non-hydrogen) atoms. The predicted molar refractivity (Wildman–Crippen MR) is 127 cm³/mol. The standard InChI is InChI=1S/C27H35NO5/c1-17(2)31-25(30)21-13-20(14-22-24(21)32-27(5,6)16-26(22,3)4)12-9-18-7-10-19(11-8-18)15-23(29)33-28/h7-8,10-11,13-14,17,23,25,29-30H,15-16,28H2,1-6H3. The van der Waals surface area contributed by atoms with Crippen molar-refractivity contribution < 1.29 is 24.5 Å². The fraction of sp³-hybridized carbons (Fsp3) is 0.481. The number of nitrogens with two attached hydrogens (primary N) is 1. The molecule has 0 saturated carbocycles. The van der Waals surface area contributed by atoms with Gasteiger partial charge < -0.3 is 19.7 Å². The lowest BCUT2D eigenvalue weighted by Gasteiger charge is -2.43. The fourth-order valence-corrected chi connectivity index (χ4v) is 4.44. The quantitative estimate of drug-likeness (QED) is 0.346. The number of fused-ring (bicyclic) bond motifs is 1. The largest absolute Gasteiger partial charge is 0.487 e. The second kappa shape index (κ2) is 9.84. The van der Waals surface area contributed by atoms with E-state index in [1.54, 1.807) is 0 Å². The average Bonchev–Trinajstić information content (AvgIpc) is 2.71. The van der Waals surface area contributed by atoms with Crippen LogP contribution < -0.4 is 10.6 Å². The molecule has 6 nitrogen and oxygen atoms in total. The summed E-state index contributed by atoms with van der Waals surface area (Å²) in [5.74, 6) is 12.1. The van der Waals surface area contributed by atoms with E-state index < -0.39 is 12.6 Å². The topological polar surface area (TPSA) is 94.2 Å². The molecule has 0 aliphatic carbocycles. The molecule has 0 saturated heterocycles. The summed E-state index contributed by atoms with van der Waals surface area (Å²) < 4.78 is 12.0. The molecule has 4 N–H and O–H groups in total. The molecule has 0 aromatic heterocycles. The maximum absolute atomic E-state index is 10.8. The van der Waals surface area contributed by atoms with Gasteiger partial charge in [-0.15, -0.1) is 0 Å². The zero-order chi connectivity index (χ0) is 24.4. The Morgan fingerprint density at radius 1 is 1.03 bits per heavy atom. The minimum absolute atomic E-state index is 0.142. The fourth-order valence-electron chi connectivity index (χ4n) is 4.44. The Kier molecular flexibility index (Phi) is 7.52. The second-order valence-corrected chi connectivity index (χ2v) is 10.1. The van der Waals surface area contributed by atoms with Gasteiger partial charge in [-0.05, 0) is 69.4 Å². The van der Waals surface area contributed by atoms with Gasteiger partial charge in [0.05, 0.1) is 11.7 Å². The monoisotopic (exact) mass is 453 g/mol. The molecule has 1 heterocycles. The van der Waals surface area contributed by atoms with Gasteiger partial charge in [0, 0.05) is 23.1 Å². The maximum Gasteiger partial charge on any atom is 0.185 e. The summed E-state index contributed by atoms with van der Waals surface area (Å²) in [6.07, 6.45) is -1.15. The minimum atomic E-state index is -1.11. The van der Waals surface area contributed by atoms with Crippen molar-refractivity contribution in [3.63, 3.8) is 0 Å². The van der Waals surface area contributed by atoms with E-state index >= 15 is 0 Å². The van der Waals surface area contributed by atoms with Gasteiger partial charge in [-0.2, -0.15) is 0 Å². The smallest absolute Gasteiger partial charge is 0.185 e. The van der Waals surface area contributed by atoms with Crippen LogP contribution in [0.4, 0.5) is 0 Å². The van der Waals surface area contributed by atoms with Gasteiger partial charge in [0.1, 0.15) is 11.4 Å². The molecule has 2 atom stereocenters. The molecule has 1 aliphatic heterocycles. The summed E-state index contributed by atoms with van der Waals surface area (Å²) in [5.41, 5.74) is 3.59. The molecule has 2 unspecified atom stereocenters. The van der Waals surface area contributed by atoms with E-state index in [0.29, 0.717) is 17.7 Å². The Labute approximate surface area is 196 Å². The van der Waals surface area contributed by atoms with E-state index in [2.05, 4.69) is 44.4 Å². The molecule has 0 fully saturated rings. The van der Waals surface area contributed by atoms with E-state index in [9.17, 15) is 10.2 Å². The molecule has 0 radical (unpaired) electrons. The van der Waals surface area contributed by atoms with E-state index in [0.717, 1.165) is 28.7 Å². The van der Waals surface area contributed by atoms with Crippen LogP contribution in [0.3, 0.4) is 0 Å². The summed E-state index contributed by atoms with van der Waals surface area (Å²) in [7, 11) is 0. The molecule has 1 aliphatic rings. The Morgan fingerprint density at radius 2 is 1.67 bits per heavy atom. The first-order valence-corrected chi connectivity index (χ1v) is 11.3. The van der Waals surface area contributed by atoms with Crippen LogP contribution in [0.2, 0.25) is 0 Å². The van der Waals surface area contributed by atoms with Gasteiger partial charge >= 0.3 is 0 Å². The minimum Gasteiger partial charge on any atom is -0.487 e. The highest BCUT2D eigenvalue weighted by Crippen LogP contribution is 2.48. The molecule has 2 aromatic carbocycles. The summed E-state index contributed by atoms with van der Waals surface area (Å²) in [5, 5.41) is 20.3. The van der Waals surface area contributed by atoms with Crippen molar-refractivity contribution in [2.45, 2.75) is 84.1 Å². The average molecular weight is 454 g/mol. The normalized spacial score (nSPS) is 18.0. The van der Waals surface area contributed by atoms with Gasteiger partial charge in [-0.1, -0.05) is 37.8 Å². The van der Waals surface area contributed by atoms with Crippen LogP contribution in [0.25, 0.3) is 0 Å². The Morgan fingerprint density at radius 3 is 2.27 bits per heavy atom. The first-order valence-electron chi connectivity index (χ1n) is 11.3. The van der Waals surface area contributed by atoms with Crippen LogP contribution in [0, 0.1) is 11.8 Å². The molecule has 178 valence electrons. The van der Waals surface area contributed by atoms with Crippen molar-refractivity contribution in [2.75, 3.05) is 0 Å². The zero-order valence-corrected chi connectivity index (χ0v) is 20.3. The van der Waals surface area contributed by atoms with Crippen LogP contribution in [0.15, 0.2) is 36.4 Å². The van der Waals surface area contributed by atoms with Crippen LogP contribution in [-0.2, 0) is 21.4 Å². The summed E-state index contributed by atoms with van der Waals surface area (Å²) >= 11 is 0. The molecular formula is C27H35NO5. The number of aliphatic hydroxyl groups is 2. The van der Waals surface area contributed by atoms with Crippen LogP contribution in [0.1, 0.15) is 82.1 Å². The van der Waals surface area contributed by atoms with Crippen molar-refractivity contribution in [2.24, 2.45) is 5.90 Å². The lowest BCUT2D eigenvalue weighted by Crippen LogP contribution is -2.42. The third kappa shape index (κ3) is 6.35. The van der Waals surface area contributed by atoms with Crippen molar-refractivity contribution in [1.29, 1.82) is 0 Å². The molecular weight excluding hydrogens is 418 g/mol.